The Labute approximate surface area is 223 Å². The van der Waals surface area contributed by atoms with Crippen molar-refractivity contribution in [3.63, 3.8) is 0 Å². The van der Waals surface area contributed by atoms with Crippen molar-refractivity contribution >= 4 is 22.4 Å². The number of rotatable bonds is 3. The predicted molar refractivity (Wildman–Crippen MR) is 149 cm³/mol. The summed E-state index contributed by atoms with van der Waals surface area (Å²) >= 11 is 0. The van der Waals surface area contributed by atoms with Crippen LogP contribution in [0.2, 0.25) is 0 Å². The lowest BCUT2D eigenvalue weighted by molar-refractivity contribution is -0.0646. The number of aryl methyl sites for hydroxylation is 1. The average molecular weight is 516 g/mol. The van der Waals surface area contributed by atoms with Crippen LogP contribution in [0.5, 0.6) is 0 Å². The normalized spacial score (nSPS) is 21.3. The second kappa shape index (κ2) is 8.95. The lowest BCUT2D eigenvalue weighted by Gasteiger charge is -2.43. The first-order chi connectivity index (χ1) is 18.1. The first-order valence-electron chi connectivity index (χ1n) is 13.8. The number of benzene rings is 2. The third-order valence-corrected chi connectivity index (χ3v) is 9.19. The van der Waals surface area contributed by atoms with E-state index in [-0.39, 0.29) is 24.0 Å². The van der Waals surface area contributed by atoms with Crippen molar-refractivity contribution in [1.82, 2.24) is 9.88 Å². The van der Waals surface area contributed by atoms with Crippen LogP contribution in [0.4, 0.5) is 14.5 Å². The number of likely N-dealkylation sites (tertiary alicyclic amines) is 1. The van der Waals surface area contributed by atoms with Gasteiger partial charge in [-0.05, 0) is 54.7 Å². The van der Waals surface area contributed by atoms with Crippen LogP contribution in [0.3, 0.4) is 0 Å². The van der Waals surface area contributed by atoms with Crippen LogP contribution >= 0.6 is 0 Å². The summed E-state index contributed by atoms with van der Waals surface area (Å²) < 4.78 is 27.3. The summed E-state index contributed by atoms with van der Waals surface area (Å²) in [6.07, 6.45) is 8.35. The van der Waals surface area contributed by atoms with Gasteiger partial charge >= 0.3 is 0 Å². The molecule has 1 N–H and O–H groups in total. The van der Waals surface area contributed by atoms with E-state index in [1.54, 1.807) is 0 Å². The summed E-state index contributed by atoms with van der Waals surface area (Å²) in [5.41, 5.74) is 7.21. The van der Waals surface area contributed by atoms with Crippen molar-refractivity contribution in [2.75, 3.05) is 31.1 Å². The topological polar surface area (TPSA) is 39.3 Å². The molecule has 4 nitrogen and oxygen atoms in total. The average Bonchev–Trinajstić information content (AvgIpc) is 3.31. The number of carbonyl (C=O) groups excluding carboxylic acids is 1. The van der Waals surface area contributed by atoms with E-state index >= 15 is 0 Å². The van der Waals surface area contributed by atoms with Gasteiger partial charge in [0.05, 0.1) is 5.56 Å². The molecule has 1 aromatic heterocycles. The van der Waals surface area contributed by atoms with Crippen LogP contribution in [0.25, 0.3) is 10.9 Å². The summed E-state index contributed by atoms with van der Waals surface area (Å²) in [5.74, 6) is 0.249. The molecule has 6 rings (SSSR count). The van der Waals surface area contributed by atoms with E-state index in [1.165, 1.54) is 11.3 Å². The number of nitrogens with zero attached hydrogens (tertiary/aromatic N) is 2. The number of H-pyrrole nitrogens is 1. The molecule has 1 aliphatic carbocycles. The SMILES string of the molecule is C#Cc1ccc2c3c([nH]c2c1)C(C)(C)c1cc(N2CCC(N4CCC(F)(F)CC4)CC2)c(CC)cc1C3=O. The molecule has 3 heterocycles. The maximum absolute atomic E-state index is 13.9. The van der Waals surface area contributed by atoms with Crippen LogP contribution in [0.1, 0.15) is 84.8 Å². The largest absolute Gasteiger partial charge is 0.371 e. The molecule has 38 heavy (non-hydrogen) atoms. The van der Waals surface area contributed by atoms with Gasteiger partial charge in [0.1, 0.15) is 0 Å². The van der Waals surface area contributed by atoms with E-state index in [9.17, 15) is 13.6 Å². The number of carbonyl (C=O) groups is 1. The number of hydrogen-bond acceptors (Lipinski definition) is 3. The van der Waals surface area contributed by atoms with Crippen molar-refractivity contribution in [2.45, 2.75) is 70.3 Å². The molecule has 0 atom stereocenters. The zero-order valence-electron chi connectivity index (χ0n) is 22.5. The fourth-order valence-electron chi connectivity index (χ4n) is 6.87. The molecular weight excluding hydrogens is 480 g/mol. The van der Waals surface area contributed by atoms with Crippen molar-refractivity contribution in [1.29, 1.82) is 0 Å². The molecule has 0 bridgehead atoms. The number of ketones is 1. The fourth-order valence-corrected chi connectivity index (χ4v) is 6.87. The van der Waals surface area contributed by atoms with Crippen molar-refractivity contribution in [2.24, 2.45) is 0 Å². The van der Waals surface area contributed by atoms with Gasteiger partial charge in [0.25, 0.3) is 5.92 Å². The number of nitrogens with one attached hydrogen (secondary N) is 1. The van der Waals surface area contributed by atoms with E-state index in [4.69, 9.17) is 6.42 Å². The molecular formula is C32H35F2N3O. The lowest BCUT2D eigenvalue weighted by atomic mass is 9.70. The number of fused-ring (bicyclic) bond motifs is 4. The quantitative estimate of drug-likeness (QED) is 0.417. The Balaban J connectivity index is 1.32. The molecule has 0 amide bonds. The molecule has 0 radical (unpaired) electrons. The maximum Gasteiger partial charge on any atom is 0.250 e. The van der Waals surface area contributed by atoms with Crippen molar-refractivity contribution in [3.05, 3.63) is 63.8 Å². The van der Waals surface area contributed by atoms with Gasteiger partial charge in [0, 0.05) is 83.9 Å². The smallest absolute Gasteiger partial charge is 0.250 e. The van der Waals surface area contributed by atoms with Crippen LogP contribution < -0.4 is 4.90 Å². The molecule has 6 heteroatoms. The van der Waals surface area contributed by atoms with E-state index in [1.807, 2.05) is 18.2 Å². The highest BCUT2D eigenvalue weighted by Crippen LogP contribution is 2.46. The zero-order chi connectivity index (χ0) is 26.8. The Morgan fingerprint density at radius 2 is 1.79 bits per heavy atom. The number of piperidine rings is 2. The first-order valence-corrected chi connectivity index (χ1v) is 13.8. The minimum atomic E-state index is -2.50. The van der Waals surface area contributed by atoms with E-state index in [0.29, 0.717) is 19.1 Å². The number of aromatic nitrogens is 1. The molecule has 0 unspecified atom stereocenters. The highest BCUT2D eigenvalue weighted by Gasteiger charge is 2.41. The maximum atomic E-state index is 13.9. The molecule has 2 saturated heterocycles. The van der Waals surface area contributed by atoms with Crippen molar-refractivity contribution < 1.29 is 13.6 Å². The van der Waals surface area contributed by atoms with Gasteiger partial charge in [0.2, 0.25) is 0 Å². The van der Waals surface area contributed by atoms with Gasteiger partial charge < -0.3 is 9.88 Å². The van der Waals surface area contributed by atoms with Crippen LogP contribution in [0, 0.1) is 12.3 Å². The molecule has 0 spiro atoms. The summed E-state index contributed by atoms with van der Waals surface area (Å²) in [6.45, 7) is 9.27. The fraction of sp³-hybridized carbons (Fsp3) is 0.469. The molecule has 2 fully saturated rings. The Kier molecular flexibility index (Phi) is 5.92. The number of alkyl halides is 2. The highest BCUT2D eigenvalue weighted by atomic mass is 19.3. The van der Waals surface area contributed by atoms with Gasteiger partial charge in [-0.15, -0.1) is 6.42 Å². The number of halogens is 2. The molecule has 3 aliphatic rings. The minimum absolute atomic E-state index is 0.0269. The highest BCUT2D eigenvalue weighted by molar-refractivity contribution is 6.20. The molecule has 2 aliphatic heterocycles. The number of aromatic amines is 1. The van der Waals surface area contributed by atoms with Gasteiger partial charge in [-0.2, -0.15) is 0 Å². The summed E-state index contributed by atoms with van der Waals surface area (Å²) in [7, 11) is 0. The second-order valence-corrected chi connectivity index (χ2v) is 11.7. The lowest BCUT2D eigenvalue weighted by Crippen LogP contribution is -2.49. The first kappa shape index (κ1) is 25.1. The molecule has 3 aromatic rings. The number of anilines is 1. The Hall–Kier alpha value is -3.17. The summed E-state index contributed by atoms with van der Waals surface area (Å²) in [4.78, 5) is 22.2. The summed E-state index contributed by atoms with van der Waals surface area (Å²) in [5, 5.41) is 0.919. The standard InChI is InChI=1S/C32H35F2N3O/c1-5-20-7-8-23-26(17-20)35-30-28(23)29(38)24-18-21(6-2)27(19-25(24)31(30,3)4)37-13-9-22(10-14-37)36-15-11-32(33,34)12-16-36/h1,7-8,17-19,22,35H,6,9-16H2,2-4H3. The summed E-state index contributed by atoms with van der Waals surface area (Å²) in [6, 6.07) is 10.5. The Bertz CT molecular complexity index is 1460. The third-order valence-electron chi connectivity index (χ3n) is 9.19. The van der Waals surface area contributed by atoms with E-state index in [0.717, 1.165) is 71.2 Å². The zero-order valence-corrected chi connectivity index (χ0v) is 22.5. The molecule has 0 saturated carbocycles. The third kappa shape index (κ3) is 3.94. The van der Waals surface area contributed by atoms with E-state index in [2.05, 4.69) is 53.6 Å². The monoisotopic (exact) mass is 515 g/mol. The van der Waals surface area contributed by atoms with Crippen LogP contribution in [0.15, 0.2) is 30.3 Å². The second-order valence-electron chi connectivity index (χ2n) is 11.7. The minimum Gasteiger partial charge on any atom is -0.371 e. The van der Waals surface area contributed by atoms with Gasteiger partial charge in [-0.3, -0.25) is 9.69 Å². The van der Waals surface area contributed by atoms with Crippen LogP contribution in [-0.4, -0.2) is 53.8 Å². The van der Waals surface area contributed by atoms with Crippen LogP contribution in [-0.2, 0) is 11.8 Å². The number of hydrogen-bond donors (Lipinski definition) is 1. The molecule has 2 aromatic carbocycles. The van der Waals surface area contributed by atoms with E-state index < -0.39 is 5.92 Å². The van der Waals surface area contributed by atoms with Gasteiger partial charge in [-0.25, -0.2) is 8.78 Å². The molecule has 198 valence electrons. The van der Waals surface area contributed by atoms with Gasteiger partial charge in [-0.1, -0.05) is 32.8 Å². The predicted octanol–water partition coefficient (Wildman–Crippen LogP) is 6.28. The van der Waals surface area contributed by atoms with Crippen molar-refractivity contribution in [3.8, 4) is 12.3 Å². The Morgan fingerprint density at radius 1 is 1.08 bits per heavy atom. The van der Waals surface area contributed by atoms with Gasteiger partial charge in [0.15, 0.2) is 5.78 Å². The number of terminal acetylenes is 1. The Morgan fingerprint density at radius 3 is 2.45 bits per heavy atom.